The third-order valence-corrected chi connectivity index (χ3v) is 4.56. The molecule has 0 aliphatic rings. The molecule has 0 fully saturated rings. The molecule has 0 saturated carbocycles. The van der Waals surface area contributed by atoms with Gasteiger partial charge in [-0.1, -0.05) is 51.8 Å². The Labute approximate surface area is 175 Å². The molecule has 28 heavy (non-hydrogen) atoms. The number of rotatable bonds is 5. The van der Waals surface area contributed by atoms with Gasteiger partial charge >= 0.3 is 0 Å². The van der Waals surface area contributed by atoms with Crippen molar-refractivity contribution in [3.63, 3.8) is 0 Å². The Morgan fingerprint density at radius 1 is 0.893 bits per heavy atom. The number of halogens is 2. The predicted molar refractivity (Wildman–Crippen MR) is 115 cm³/mol. The van der Waals surface area contributed by atoms with Crippen LogP contribution in [0.15, 0.2) is 82.4 Å². The zero-order chi connectivity index (χ0) is 19.9. The molecule has 3 aromatic rings. The normalized spacial score (nSPS) is 10.6. The van der Waals surface area contributed by atoms with Crippen LogP contribution in [0.25, 0.3) is 0 Å². The van der Waals surface area contributed by atoms with Crippen molar-refractivity contribution in [3.05, 3.63) is 99.0 Å². The van der Waals surface area contributed by atoms with Gasteiger partial charge in [-0.15, -0.1) is 0 Å². The molecule has 0 radical (unpaired) electrons. The second-order valence-corrected chi connectivity index (χ2v) is 7.11. The van der Waals surface area contributed by atoms with Gasteiger partial charge in [0.15, 0.2) is 0 Å². The maximum Gasteiger partial charge on any atom is 0.273 e. The van der Waals surface area contributed by atoms with Crippen molar-refractivity contribution < 1.29 is 9.59 Å². The highest BCUT2D eigenvalue weighted by Gasteiger charge is 2.13. The van der Waals surface area contributed by atoms with Crippen LogP contribution in [0.4, 0.5) is 5.69 Å². The van der Waals surface area contributed by atoms with Crippen LogP contribution >= 0.6 is 27.5 Å². The fourth-order valence-electron chi connectivity index (χ4n) is 2.36. The fourth-order valence-corrected chi connectivity index (χ4v) is 2.75. The number of benzene rings is 3. The molecule has 3 rings (SSSR count). The van der Waals surface area contributed by atoms with Gasteiger partial charge in [-0.25, -0.2) is 5.43 Å². The molecule has 0 atom stereocenters. The number of para-hydroxylation sites is 1. The summed E-state index contributed by atoms with van der Waals surface area (Å²) >= 11 is 9.17. The zero-order valence-electron chi connectivity index (χ0n) is 14.5. The molecular formula is C21H15BrClN3O2. The third-order valence-electron chi connectivity index (χ3n) is 3.78. The van der Waals surface area contributed by atoms with Crippen molar-refractivity contribution in [1.29, 1.82) is 0 Å². The van der Waals surface area contributed by atoms with Crippen LogP contribution in [-0.4, -0.2) is 18.0 Å². The van der Waals surface area contributed by atoms with Crippen LogP contribution in [0.2, 0.25) is 5.02 Å². The van der Waals surface area contributed by atoms with Gasteiger partial charge in [0.1, 0.15) is 0 Å². The molecule has 0 aromatic heterocycles. The predicted octanol–water partition coefficient (Wildman–Crippen LogP) is 5.12. The highest BCUT2D eigenvalue weighted by Crippen LogP contribution is 2.17. The van der Waals surface area contributed by atoms with E-state index in [4.69, 9.17) is 11.6 Å². The summed E-state index contributed by atoms with van der Waals surface area (Å²) in [6.45, 7) is 0. The molecule has 7 heteroatoms. The highest BCUT2D eigenvalue weighted by molar-refractivity contribution is 9.10. The summed E-state index contributed by atoms with van der Waals surface area (Å²) in [4.78, 5) is 24.9. The summed E-state index contributed by atoms with van der Waals surface area (Å²) < 4.78 is 0.877. The van der Waals surface area contributed by atoms with Gasteiger partial charge in [0.25, 0.3) is 11.8 Å². The van der Waals surface area contributed by atoms with Crippen LogP contribution in [0.1, 0.15) is 26.3 Å². The maximum absolute atomic E-state index is 12.5. The number of hydrazone groups is 1. The molecule has 2 N–H and O–H groups in total. The van der Waals surface area contributed by atoms with Crippen molar-refractivity contribution in [3.8, 4) is 0 Å². The van der Waals surface area contributed by atoms with Crippen LogP contribution in [-0.2, 0) is 0 Å². The SMILES string of the molecule is O=C(Nc1ccccc1C(=O)N/N=C\c1ccc(Cl)cc1)c1ccc(Br)cc1. The number of amides is 2. The molecule has 0 unspecified atom stereocenters. The molecule has 140 valence electrons. The van der Waals surface area contributed by atoms with Crippen LogP contribution < -0.4 is 10.7 Å². The second kappa shape index (κ2) is 9.30. The quantitative estimate of drug-likeness (QED) is 0.413. The maximum atomic E-state index is 12.5. The molecule has 0 aliphatic heterocycles. The average Bonchev–Trinajstić information content (AvgIpc) is 2.70. The molecule has 5 nitrogen and oxygen atoms in total. The Morgan fingerprint density at radius 3 is 2.29 bits per heavy atom. The monoisotopic (exact) mass is 455 g/mol. The first-order chi connectivity index (χ1) is 13.5. The lowest BCUT2D eigenvalue weighted by Gasteiger charge is -2.10. The van der Waals surface area contributed by atoms with Gasteiger partial charge in [0, 0.05) is 15.1 Å². The highest BCUT2D eigenvalue weighted by atomic mass is 79.9. The minimum atomic E-state index is -0.433. The molecular weight excluding hydrogens is 442 g/mol. The van der Waals surface area contributed by atoms with Crippen LogP contribution in [0.5, 0.6) is 0 Å². The number of nitrogens with zero attached hydrogens (tertiary/aromatic N) is 1. The minimum absolute atomic E-state index is 0.307. The number of carbonyl (C=O) groups excluding carboxylic acids is 2. The van der Waals surface area contributed by atoms with Crippen LogP contribution in [0.3, 0.4) is 0 Å². The Balaban J connectivity index is 1.70. The Hall–Kier alpha value is -2.96. The number of nitrogens with one attached hydrogen (secondary N) is 2. The smallest absolute Gasteiger partial charge is 0.273 e. The number of anilines is 1. The molecule has 0 saturated heterocycles. The molecule has 0 aliphatic carbocycles. The van der Waals surface area contributed by atoms with Crippen molar-refractivity contribution in [2.24, 2.45) is 5.10 Å². The molecule has 3 aromatic carbocycles. The van der Waals surface area contributed by atoms with E-state index >= 15 is 0 Å². The van der Waals surface area contributed by atoms with E-state index in [0.717, 1.165) is 10.0 Å². The van der Waals surface area contributed by atoms with Crippen molar-refractivity contribution in [2.45, 2.75) is 0 Å². The van der Waals surface area contributed by atoms with E-state index in [1.165, 1.54) is 6.21 Å². The van der Waals surface area contributed by atoms with E-state index in [9.17, 15) is 9.59 Å². The molecule has 2 amide bonds. The summed E-state index contributed by atoms with van der Waals surface area (Å²) in [6.07, 6.45) is 1.51. The number of carbonyl (C=O) groups is 2. The van der Waals surface area contributed by atoms with Crippen molar-refractivity contribution in [1.82, 2.24) is 5.43 Å². The molecule has 0 spiro atoms. The summed E-state index contributed by atoms with van der Waals surface area (Å²) in [7, 11) is 0. The van der Waals surface area contributed by atoms with Gasteiger partial charge < -0.3 is 5.32 Å². The van der Waals surface area contributed by atoms with Crippen molar-refractivity contribution >= 4 is 51.2 Å². The van der Waals surface area contributed by atoms with E-state index in [0.29, 0.717) is 21.8 Å². The fraction of sp³-hybridized carbons (Fsp3) is 0. The summed E-state index contributed by atoms with van der Waals surface area (Å²) in [5.41, 5.74) is 4.45. The largest absolute Gasteiger partial charge is 0.321 e. The van der Waals surface area contributed by atoms with Gasteiger partial charge in [-0.3, -0.25) is 9.59 Å². The van der Waals surface area contributed by atoms with Gasteiger partial charge in [0.05, 0.1) is 17.5 Å². The second-order valence-electron chi connectivity index (χ2n) is 5.76. The number of hydrogen-bond acceptors (Lipinski definition) is 3. The van der Waals surface area contributed by atoms with Gasteiger partial charge in [-0.2, -0.15) is 5.10 Å². The topological polar surface area (TPSA) is 70.6 Å². The van der Waals surface area contributed by atoms with Gasteiger partial charge in [-0.05, 0) is 54.1 Å². The first kappa shape index (κ1) is 19.8. The third kappa shape index (κ3) is 5.28. The van der Waals surface area contributed by atoms with E-state index in [1.807, 2.05) is 0 Å². The summed E-state index contributed by atoms with van der Waals surface area (Å²) in [5, 5.41) is 7.33. The van der Waals surface area contributed by atoms with Crippen molar-refractivity contribution in [2.75, 3.05) is 5.32 Å². The van der Waals surface area contributed by atoms with E-state index < -0.39 is 5.91 Å². The number of hydrogen-bond donors (Lipinski definition) is 2. The summed E-state index contributed by atoms with van der Waals surface area (Å²) in [6, 6.07) is 20.7. The molecule has 0 bridgehead atoms. The zero-order valence-corrected chi connectivity index (χ0v) is 16.9. The molecule has 0 heterocycles. The Bertz CT molecular complexity index is 1020. The van der Waals surface area contributed by atoms with Crippen LogP contribution in [0, 0.1) is 0 Å². The van der Waals surface area contributed by atoms with Gasteiger partial charge in [0.2, 0.25) is 0 Å². The Morgan fingerprint density at radius 2 is 1.57 bits per heavy atom. The lowest BCUT2D eigenvalue weighted by atomic mass is 10.1. The standard InChI is InChI=1S/C21H15BrClN3O2/c22-16-9-7-15(8-10-16)20(27)25-19-4-2-1-3-18(19)21(28)26-24-13-14-5-11-17(23)12-6-14/h1-13H,(H,25,27)(H,26,28)/b24-13-. The minimum Gasteiger partial charge on any atom is -0.321 e. The lowest BCUT2D eigenvalue weighted by molar-refractivity contribution is 0.0956. The first-order valence-electron chi connectivity index (χ1n) is 8.28. The Kier molecular flexibility index (Phi) is 6.57. The average molecular weight is 457 g/mol. The van der Waals surface area contributed by atoms with E-state index in [2.05, 4.69) is 31.8 Å². The van der Waals surface area contributed by atoms with E-state index in [-0.39, 0.29) is 5.91 Å². The lowest BCUT2D eigenvalue weighted by Crippen LogP contribution is -2.21. The summed E-state index contributed by atoms with van der Waals surface area (Å²) in [5.74, 6) is -0.741. The first-order valence-corrected chi connectivity index (χ1v) is 9.45. The van der Waals surface area contributed by atoms with E-state index in [1.54, 1.807) is 72.8 Å².